The minimum atomic E-state index is -0.545. The molecule has 0 radical (unpaired) electrons. The number of amides is 2. The fraction of sp³-hybridized carbons (Fsp3) is 0.211. The lowest BCUT2D eigenvalue weighted by atomic mass is 9.92. The van der Waals surface area contributed by atoms with Gasteiger partial charge in [-0.05, 0) is 30.3 Å². The number of carbonyl (C=O) groups is 2. The normalized spacial score (nSPS) is 11.2. The van der Waals surface area contributed by atoms with Gasteiger partial charge in [-0.2, -0.15) is 9.78 Å². The van der Waals surface area contributed by atoms with Gasteiger partial charge < -0.3 is 11.1 Å². The lowest BCUT2D eigenvalue weighted by molar-refractivity contribution is 0.0995. The van der Waals surface area contributed by atoms with E-state index in [1.165, 1.54) is 16.8 Å². The fourth-order valence-corrected chi connectivity index (χ4v) is 2.36. The molecule has 0 aliphatic rings. The maximum Gasteiger partial charge on any atom is 0.256 e. The summed E-state index contributed by atoms with van der Waals surface area (Å²) in [5, 5.41) is 7.38. The van der Waals surface area contributed by atoms with Gasteiger partial charge in [0, 0.05) is 35.0 Å². The van der Waals surface area contributed by atoms with E-state index in [0.29, 0.717) is 22.9 Å². The van der Waals surface area contributed by atoms with Crippen LogP contribution in [0.3, 0.4) is 0 Å². The second-order valence-electron chi connectivity index (χ2n) is 7.02. The Morgan fingerprint density at radius 2 is 1.63 bits per heavy atom. The summed E-state index contributed by atoms with van der Waals surface area (Å²) in [5.41, 5.74) is 6.52. The van der Waals surface area contributed by atoms with Crippen LogP contribution in [0.5, 0.6) is 0 Å². The molecule has 27 heavy (non-hydrogen) atoms. The van der Waals surface area contributed by atoms with Gasteiger partial charge in [0.15, 0.2) is 0 Å². The van der Waals surface area contributed by atoms with E-state index in [9.17, 15) is 9.59 Å². The molecule has 0 aliphatic carbocycles. The number of anilines is 1. The molecule has 3 rings (SSSR count). The molecule has 0 saturated heterocycles. The zero-order valence-corrected chi connectivity index (χ0v) is 15.3. The second kappa shape index (κ2) is 6.99. The number of carbonyl (C=O) groups excluding carboxylic acids is 2. The molecule has 8 heteroatoms. The van der Waals surface area contributed by atoms with Crippen molar-refractivity contribution in [2.45, 2.75) is 26.2 Å². The molecule has 0 bridgehead atoms. The van der Waals surface area contributed by atoms with Crippen LogP contribution in [0.15, 0.2) is 48.8 Å². The van der Waals surface area contributed by atoms with Crippen molar-refractivity contribution in [3.05, 3.63) is 65.6 Å². The third-order valence-corrected chi connectivity index (χ3v) is 3.89. The van der Waals surface area contributed by atoms with E-state index in [1.807, 2.05) is 20.8 Å². The van der Waals surface area contributed by atoms with Crippen molar-refractivity contribution in [3.8, 4) is 5.95 Å². The van der Waals surface area contributed by atoms with Gasteiger partial charge in [-0.15, -0.1) is 0 Å². The van der Waals surface area contributed by atoms with E-state index < -0.39 is 5.91 Å². The monoisotopic (exact) mass is 364 g/mol. The Morgan fingerprint density at radius 3 is 2.19 bits per heavy atom. The minimum absolute atomic E-state index is 0.220. The smallest absolute Gasteiger partial charge is 0.256 e. The first-order valence-electron chi connectivity index (χ1n) is 8.35. The summed E-state index contributed by atoms with van der Waals surface area (Å²) >= 11 is 0. The molecule has 2 aromatic heterocycles. The van der Waals surface area contributed by atoms with Crippen LogP contribution >= 0.6 is 0 Å². The largest absolute Gasteiger partial charge is 0.366 e. The molecule has 3 N–H and O–H groups in total. The average molecular weight is 364 g/mol. The van der Waals surface area contributed by atoms with Crippen LogP contribution in [0.4, 0.5) is 5.82 Å². The minimum Gasteiger partial charge on any atom is -0.366 e. The van der Waals surface area contributed by atoms with Crippen LogP contribution in [-0.2, 0) is 5.41 Å². The van der Waals surface area contributed by atoms with Crippen molar-refractivity contribution in [2.75, 3.05) is 5.32 Å². The number of nitrogens with zero attached hydrogens (tertiary/aromatic N) is 4. The Kier molecular flexibility index (Phi) is 4.72. The molecular formula is C19H20N6O2. The molecule has 2 heterocycles. The van der Waals surface area contributed by atoms with Crippen LogP contribution in [0.2, 0.25) is 0 Å². The van der Waals surface area contributed by atoms with Gasteiger partial charge in [-0.25, -0.2) is 9.97 Å². The number of primary amides is 1. The summed E-state index contributed by atoms with van der Waals surface area (Å²) in [5.74, 6) is -0.0814. The maximum atomic E-state index is 12.6. The first-order valence-corrected chi connectivity index (χ1v) is 8.35. The van der Waals surface area contributed by atoms with E-state index in [0.717, 1.165) is 5.69 Å². The highest BCUT2D eigenvalue weighted by molar-refractivity contribution is 6.04. The first kappa shape index (κ1) is 18.2. The number of aromatic nitrogens is 4. The number of hydrogen-bond donors (Lipinski definition) is 2. The van der Waals surface area contributed by atoms with Gasteiger partial charge in [-0.3, -0.25) is 9.59 Å². The van der Waals surface area contributed by atoms with Crippen LogP contribution in [0, 0.1) is 0 Å². The molecule has 0 saturated carbocycles. The van der Waals surface area contributed by atoms with Crippen LogP contribution in [0.25, 0.3) is 5.95 Å². The Balaban J connectivity index is 1.94. The van der Waals surface area contributed by atoms with E-state index in [-0.39, 0.29) is 11.3 Å². The molecule has 8 nitrogen and oxygen atoms in total. The molecule has 0 aliphatic heterocycles. The lowest BCUT2D eigenvalue weighted by Gasteiger charge is -2.13. The highest BCUT2D eigenvalue weighted by Gasteiger charge is 2.22. The van der Waals surface area contributed by atoms with Crippen LogP contribution in [-0.4, -0.2) is 31.6 Å². The van der Waals surface area contributed by atoms with Crippen molar-refractivity contribution in [2.24, 2.45) is 5.73 Å². The third kappa shape index (κ3) is 4.00. The predicted molar refractivity (Wildman–Crippen MR) is 101 cm³/mol. The standard InChI is InChI=1S/C19H20N6O2/c1-19(2,3)14-11-15(25(24-14)18-21-9-4-10-22-18)23-17(27)13-7-5-12(6-8-13)16(20)26/h4-11H,1-3H3,(H2,20,26)(H,23,27). The molecule has 0 unspecified atom stereocenters. The fourth-order valence-electron chi connectivity index (χ4n) is 2.36. The Bertz CT molecular complexity index is 972. The molecule has 138 valence electrons. The summed E-state index contributed by atoms with van der Waals surface area (Å²) < 4.78 is 1.50. The van der Waals surface area contributed by atoms with Crippen LogP contribution < -0.4 is 11.1 Å². The van der Waals surface area contributed by atoms with Crippen molar-refractivity contribution >= 4 is 17.6 Å². The topological polar surface area (TPSA) is 116 Å². The van der Waals surface area contributed by atoms with E-state index in [1.54, 1.807) is 36.7 Å². The Hall–Kier alpha value is -3.55. The van der Waals surface area contributed by atoms with Gasteiger partial charge in [0.05, 0.1) is 5.69 Å². The third-order valence-electron chi connectivity index (χ3n) is 3.89. The van der Waals surface area contributed by atoms with E-state index in [4.69, 9.17) is 5.73 Å². The first-order chi connectivity index (χ1) is 12.8. The number of hydrogen-bond acceptors (Lipinski definition) is 5. The van der Waals surface area contributed by atoms with E-state index >= 15 is 0 Å². The lowest BCUT2D eigenvalue weighted by Crippen LogP contribution is -2.17. The van der Waals surface area contributed by atoms with Gasteiger partial charge in [0.2, 0.25) is 5.91 Å². The van der Waals surface area contributed by atoms with E-state index in [2.05, 4.69) is 20.4 Å². The number of nitrogens with one attached hydrogen (secondary N) is 1. The summed E-state index contributed by atoms with van der Waals surface area (Å²) in [4.78, 5) is 32.2. The predicted octanol–water partition coefficient (Wildman–Crippen LogP) is 2.31. The number of benzene rings is 1. The summed E-state index contributed by atoms with van der Waals surface area (Å²) in [6.45, 7) is 6.08. The van der Waals surface area contributed by atoms with Gasteiger partial charge >= 0.3 is 0 Å². The molecule has 0 spiro atoms. The molecular weight excluding hydrogens is 344 g/mol. The summed E-state index contributed by atoms with van der Waals surface area (Å²) in [7, 11) is 0. The highest BCUT2D eigenvalue weighted by Crippen LogP contribution is 2.25. The average Bonchev–Trinajstić information content (AvgIpc) is 3.06. The van der Waals surface area contributed by atoms with Crippen molar-refractivity contribution < 1.29 is 9.59 Å². The Morgan fingerprint density at radius 1 is 1.04 bits per heavy atom. The molecule has 0 atom stereocenters. The van der Waals surface area contributed by atoms with Crippen molar-refractivity contribution in [1.29, 1.82) is 0 Å². The molecule has 3 aromatic rings. The zero-order chi connectivity index (χ0) is 19.6. The van der Waals surface area contributed by atoms with Gasteiger partial charge in [0.25, 0.3) is 11.9 Å². The second-order valence-corrected chi connectivity index (χ2v) is 7.02. The Labute approximate surface area is 156 Å². The molecule has 2 amide bonds. The van der Waals surface area contributed by atoms with Gasteiger partial charge in [0.1, 0.15) is 5.82 Å². The maximum absolute atomic E-state index is 12.6. The van der Waals surface area contributed by atoms with Gasteiger partial charge in [-0.1, -0.05) is 20.8 Å². The van der Waals surface area contributed by atoms with Crippen molar-refractivity contribution in [3.63, 3.8) is 0 Å². The highest BCUT2D eigenvalue weighted by atomic mass is 16.2. The number of nitrogens with two attached hydrogens (primary N) is 1. The van der Waals surface area contributed by atoms with Crippen LogP contribution in [0.1, 0.15) is 47.2 Å². The summed E-state index contributed by atoms with van der Waals surface area (Å²) in [6.07, 6.45) is 3.21. The SMILES string of the molecule is CC(C)(C)c1cc(NC(=O)c2ccc(C(N)=O)cc2)n(-c2ncccn2)n1. The van der Waals surface area contributed by atoms with Crippen molar-refractivity contribution in [1.82, 2.24) is 19.7 Å². The summed E-state index contributed by atoms with van der Waals surface area (Å²) in [6, 6.07) is 9.60. The zero-order valence-electron chi connectivity index (χ0n) is 15.3. The number of rotatable bonds is 4. The quantitative estimate of drug-likeness (QED) is 0.737. The molecule has 0 fully saturated rings. The molecule has 1 aromatic carbocycles.